The van der Waals surface area contributed by atoms with Crippen molar-refractivity contribution >= 4 is 0 Å². The fourth-order valence-corrected chi connectivity index (χ4v) is 4.87. The van der Waals surface area contributed by atoms with Crippen LogP contribution in [0.5, 0.6) is 0 Å². The predicted molar refractivity (Wildman–Crippen MR) is 69.3 cm³/mol. The Labute approximate surface area is 119 Å². The summed E-state index contributed by atoms with van der Waals surface area (Å²) in [5, 5.41) is 10.2. The molecule has 4 aliphatic heterocycles. The van der Waals surface area contributed by atoms with Gasteiger partial charge in [0.1, 0.15) is 5.60 Å². The second-order valence-electron chi connectivity index (χ2n) is 7.47. The maximum Gasteiger partial charge on any atom is 0.193 e. The van der Waals surface area contributed by atoms with E-state index in [9.17, 15) is 5.11 Å². The molecular weight excluding hydrogens is 260 g/mol. The van der Waals surface area contributed by atoms with Crippen LogP contribution in [0.15, 0.2) is 0 Å². The number of ether oxygens (including phenoxy) is 2. The Hall–Kier alpha value is -0.200. The molecule has 20 heavy (non-hydrogen) atoms. The summed E-state index contributed by atoms with van der Waals surface area (Å²) in [5.74, 6) is 1.18. The second-order valence-corrected chi connectivity index (χ2v) is 7.47. The molecule has 5 nitrogen and oxygen atoms in total. The third-order valence-electron chi connectivity index (χ3n) is 6.07. The van der Waals surface area contributed by atoms with Crippen molar-refractivity contribution in [2.45, 2.75) is 63.8 Å². The highest BCUT2D eigenvalue weighted by molar-refractivity contribution is 5.10. The van der Waals surface area contributed by atoms with E-state index in [-0.39, 0.29) is 11.8 Å². The Balaban J connectivity index is 1.82. The van der Waals surface area contributed by atoms with Crippen molar-refractivity contribution in [2.24, 2.45) is 23.7 Å². The Morgan fingerprint density at radius 1 is 1.10 bits per heavy atom. The first-order chi connectivity index (χ1) is 9.46. The van der Waals surface area contributed by atoms with Crippen LogP contribution >= 0.6 is 0 Å². The average molecular weight is 284 g/mol. The zero-order valence-corrected chi connectivity index (χ0v) is 12.4. The lowest BCUT2D eigenvalue weighted by molar-refractivity contribution is -0.494. The highest BCUT2D eigenvalue weighted by Gasteiger charge is 2.69. The molecule has 0 aromatic heterocycles. The molecule has 2 bridgehead atoms. The molecule has 1 N–H and O–H groups in total. The third-order valence-corrected chi connectivity index (χ3v) is 6.07. The van der Waals surface area contributed by atoms with E-state index in [0.29, 0.717) is 18.4 Å². The predicted octanol–water partition coefficient (Wildman–Crippen LogP) is 1.84. The lowest BCUT2D eigenvalue weighted by atomic mass is 9.57. The van der Waals surface area contributed by atoms with Crippen molar-refractivity contribution in [3.05, 3.63) is 0 Å². The molecule has 5 aliphatic rings. The van der Waals surface area contributed by atoms with Crippen molar-refractivity contribution in [1.82, 2.24) is 0 Å². The fraction of sp³-hybridized carbons (Fsp3) is 1.00. The SMILES string of the molecule is C[C@@H]1[C@H](O)O[C@@H]2OC[C@@]3(C)C[C@@H]4[C@H](C)CC[C@H]1[C@@]24OO3. The molecule has 1 spiro atoms. The molecule has 5 fully saturated rings. The lowest BCUT2D eigenvalue weighted by Gasteiger charge is -2.59. The van der Waals surface area contributed by atoms with Crippen LogP contribution < -0.4 is 0 Å². The summed E-state index contributed by atoms with van der Waals surface area (Å²) in [6, 6.07) is 0. The minimum Gasteiger partial charge on any atom is -0.368 e. The molecule has 114 valence electrons. The first-order valence-electron chi connectivity index (χ1n) is 7.78. The quantitative estimate of drug-likeness (QED) is 0.688. The molecule has 0 amide bonds. The monoisotopic (exact) mass is 284 g/mol. The van der Waals surface area contributed by atoms with Crippen LogP contribution in [0.25, 0.3) is 0 Å². The van der Waals surface area contributed by atoms with Crippen LogP contribution in [-0.2, 0) is 19.2 Å². The van der Waals surface area contributed by atoms with Gasteiger partial charge in [-0.1, -0.05) is 13.8 Å². The van der Waals surface area contributed by atoms with Gasteiger partial charge in [0.15, 0.2) is 18.2 Å². The van der Waals surface area contributed by atoms with Crippen molar-refractivity contribution < 1.29 is 24.4 Å². The molecule has 5 heteroatoms. The summed E-state index contributed by atoms with van der Waals surface area (Å²) in [7, 11) is 0. The molecular formula is C15H24O5. The first-order valence-corrected chi connectivity index (χ1v) is 7.78. The Morgan fingerprint density at radius 3 is 2.70 bits per heavy atom. The summed E-state index contributed by atoms with van der Waals surface area (Å²) >= 11 is 0. The van der Waals surface area contributed by atoms with Crippen molar-refractivity contribution in [2.75, 3.05) is 6.61 Å². The molecule has 4 saturated heterocycles. The van der Waals surface area contributed by atoms with Crippen molar-refractivity contribution in [1.29, 1.82) is 0 Å². The van der Waals surface area contributed by atoms with Gasteiger partial charge in [0.25, 0.3) is 0 Å². The van der Waals surface area contributed by atoms with Crippen LogP contribution in [0.1, 0.15) is 40.0 Å². The molecule has 1 saturated carbocycles. The van der Waals surface area contributed by atoms with Crippen LogP contribution in [0, 0.1) is 23.7 Å². The van der Waals surface area contributed by atoms with Gasteiger partial charge in [0.05, 0.1) is 6.61 Å². The van der Waals surface area contributed by atoms with Gasteiger partial charge in [-0.3, -0.25) is 0 Å². The molecule has 1 aliphatic carbocycles. The highest BCUT2D eigenvalue weighted by atomic mass is 17.2. The Morgan fingerprint density at radius 2 is 1.90 bits per heavy atom. The smallest absolute Gasteiger partial charge is 0.193 e. The summed E-state index contributed by atoms with van der Waals surface area (Å²) in [5.41, 5.74) is -0.951. The summed E-state index contributed by atoms with van der Waals surface area (Å²) < 4.78 is 11.7. The van der Waals surface area contributed by atoms with Gasteiger partial charge in [-0.15, -0.1) is 0 Å². The molecule has 0 unspecified atom stereocenters. The number of aliphatic hydroxyl groups excluding tert-OH is 1. The van der Waals surface area contributed by atoms with Gasteiger partial charge in [-0.05, 0) is 32.1 Å². The molecule has 4 heterocycles. The maximum atomic E-state index is 10.2. The fourth-order valence-electron chi connectivity index (χ4n) is 4.87. The molecule has 0 aromatic carbocycles. The van der Waals surface area contributed by atoms with Crippen LogP contribution in [-0.4, -0.2) is 35.5 Å². The summed E-state index contributed by atoms with van der Waals surface area (Å²) in [6.45, 7) is 6.81. The maximum absolute atomic E-state index is 10.2. The van der Waals surface area contributed by atoms with Gasteiger partial charge >= 0.3 is 0 Å². The number of rotatable bonds is 0. The normalized spacial score (nSPS) is 61.8. The van der Waals surface area contributed by atoms with E-state index in [4.69, 9.17) is 19.2 Å². The minimum absolute atomic E-state index is 0.0379. The largest absolute Gasteiger partial charge is 0.368 e. The van der Waals surface area contributed by atoms with E-state index in [1.54, 1.807) is 0 Å². The molecule has 0 radical (unpaired) electrons. The van der Waals surface area contributed by atoms with E-state index in [0.717, 1.165) is 12.8 Å². The lowest BCUT2D eigenvalue weighted by Crippen LogP contribution is -2.69. The zero-order chi connectivity index (χ0) is 14.1. The Kier molecular flexibility index (Phi) is 2.81. The van der Waals surface area contributed by atoms with Crippen LogP contribution in [0.2, 0.25) is 0 Å². The summed E-state index contributed by atoms with van der Waals surface area (Å²) in [6.07, 6.45) is 1.83. The van der Waals surface area contributed by atoms with Gasteiger partial charge in [0, 0.05) is 17.8 Å². The number of fused-ring (bicyclic) bond motifs is 2. The summed E-state index contributed by atoms with van der Waals surface area (Å²) in [4.78, 5) is 11.7. The second kappa shape index (κ2) is 4.17. The number of hydrogen-bond acceptors (Lipinski definition) is 5. The van der Waals surface area contributed by atoms with Crippen LogP contribution in [0.3, 0.4) is 0 Å². The minimum atomic E-state index is -0.779. The van der Waals surface area contributed by atoms with E-state index in [1.807, 2.05) is 13.8 Å². The van der Waals surface area contributed by atoms with Crippen molar-refractivity contribution in [3.8, 4) is 0 Å². The Bertz CT molecular complexity index is 415. The average Bonchev–Trinajstić information content (AvgIpc) is 2.63. The molecule has 8 atom stereocenters. The van der Waals surface area contributed by atoms with Gasteiger partial charge < -0.3 is 14.6 Å². The van der Waals surface area contributed by atoms with E-state index >= 15 is 0 Å². The molecule has 5 rings (SSSR count). The number of aliphatic hydroxyl groups is 1. The number of hydrogen-bond donors (Lipinski definition) is 1. The third kappa shape index (κ3) is 1.56. The van der Waals surface area contributed by atoms with Gasteiger partial charge in [-0.25, -0.2) is 9.78 Å². The van der Waals surface area contributed by atoms with E-state index in [1.165, 1.54) is 6.42 Å². The van der Waals surface area contributed by atoms with Crippen molar-refractivity contribution in [3.63, 3.8) is 0 Å². The topological polar surface area (TPSA) is 57.2 Å². The van der Waals surface area contributed by atoms with E-state index in [2.05, 4.69) is 6.92 Å². The standard InChI is InChI=1S/C15H24O5/c1-8-4-5-10-9(2)12(16)18-13-15(10)11(8)6-14(3,7-17-13)19-20-15/h8-13,16H,4-7H2,1-3H3/t8-,9+,10-,11-,12-,13+,14-,15+/m1/s1. The van der Waals surface area contributed by atoms with E-state index < -0.39 is 23.8 Å². The van der Waals surface area contributed by atoms with Crippen LogP contribution in [0.4, 0.5) is 0 Å². The first kappa shape index (κ1) is 13.5. The van der Waals surface area contributed by atoms with Gasteiger partial charge in [-0.2, -0.15) is 0 Å². The van der Waals surface area contributed by atoms with Gasteiger partial charge in [0.2, 0.25) is 0 Å². The zero-order valence-electron chi connectivity index (χ0n) is 12.4. The molecule has 0 aromatic rings. The highest BCUT2D eigenvalue weighted by Crippen LogP contribution is 2.59.